The summed E-state index contributed by atoms with van der Waals surface area (Å²) in [5.74, 6) is -0.702. The number of ether oxygens (including phenoxy) is 4. The number of amides is 4. The Balaban J connectivity index is 1.11. The van der Waals surface area contributed by atoms with E-state index in [1.54, 1.807) is 0 Å². The molecule has 544 valence electrons. The van der Waals surface area contributed by atoms with Crippen molar-refractivity contribution in [2.24, 2.45) is 0 Å². The van der Waals surface area contributed by atoms with Crippen LogP contribution in [0.4, 0.5) is 45.5 Å². The van der Waals surface area contributed by atoms with Crippen LogP contribution in [0, 0.1) is 0 Å². The SMILES string of the molecule is CCCCC1c2cc(c3c(c2O)CN(c2ccc(NC(C)=O)cc2)CO3)C(CCCC)c2cc(c3c(c2O)CN(c2ccc(NC(C)=O)cc2)CO3)C(CCCC)c2cc(c3c(c2O)CN(c2ccc(NC(C)=O)cc2)CO3)C(CCCC)c2cc1c1c(c2O)CN(c2ccc(NC(C)=O)cc2)CO1. The second kappa shape index (κ2) is 31.1. The van der Waals surface area contributed by atoms with Crippen molar-refractivity contribution in [3.05, 3.63) is 188 Å². The summed E-state index contributed by atoms with van der Waals surface area (Å²) in [6.07, 6.45) is 8.45. The highest BCUT2D eigenvalue weighted by molar-refractivity contribution is 5.91. The minimum Gasteiger partial charge on any atom is -0.507 e. The van der Waals surface area contributed by atoms with Gasteiger partial charge in [0.1, 0.15) is 46.0 Å². The van der Waals surface area contributed by atoms with Crippen molar-refractivity contribution in [2.75, 3.05) is 67.8 Å². The minimum absolute atomic E-state index is 0.0610. The van der Waals surface area contributed by atoms with Crippen molar-refractivity contribution in [2.45, 2.75) is 182 Å². The smallest absolute Gasteiger partial charge is 0.221 e. The standard InChI is InChI=1S/C84H96N8O12/c1-9-13-17-61-65-37-70(82-73(77(65)97)41-89(46-102-82)57-29-21-53(22-30-57)85-49(5)93)63(19-15-11-3)67-39-72(84-75(79(67)99)43-91(48-104-84)59-33-25-55(26-34-59)87-51(7)95)64(20-16-12-4)68-40-71(83-76(80(68)100)44-92(47-103-83)60-35-27-56(28-36-60)88-52(8)96)62(18-14-10-2)66-38-69(61)81-74(78(66)98)42-90(45-101-81)58-31-23-54(24-32-58)86-50(6)94/h21-40,61-64,97-100H,9-20,41-48H2,1-8H3,(H,85,93)(H,86,94)(H,87,95)(H,88,96). The van der Waals surface area contributed by atoms with Gasteiger partial charge in [0.2, 0.25) is 23.6 Å². The van der Waals surface area contributed by atoms with Crippen molar-refractivity contribution >= 4 is 69.1 Å². The number of nitrogens with one attached hydrogen (secondary N) is 4. The maximum atomic E-state index is 13.8. The van der Waals surface area contributed by atoms with E-state index >= 15 is 0 Å². The molecule has 0 aromatic heterocycles. The highest BCUT2D eigenvalue weighted by Gasteiger charge is 2.42. The molecule has 4 heterocycles. The van der Waals surface area contributed by atoms with Crippen LogP contribution in [0.5, 0.6) is 46.0 Å². The third-order valence-electron chi connectivity index (χ3n) is 21.1. The van der Waals surface area contributed by atoms with E-state index in [9.17, 15) is 39.6 Å². The first-order valence-corrected chi connectivity index (χ1v) is 36.9. The van der Waals surface area contributed by atoms with Gasteiger partial charge in [-0.3, -0.25) is 19.2 Å². The van der Waals surface area contributed by atoms with E-state index < -0.39 is 23.7 Å². The number of phenolic OH excluding ortho intramolecular Hbond substituents is 4. The molecule has 8 bridgehead atoms. The summed E-state index contributed by atoms with van der Waals surface area (Å²) in [5.41, 5.74) is 13.8. The van der Waals surface area contributed by atoms with Crippen LogP contribution in [0.2, 0.25) is 0 Å². The summed E-state index contributed by atoms with van der Waals surface area (Å²) < 4.78 is 28.7. The molecule has 1 aliphatic carbocycles. The lowest BCUT2D eigenvalue weighted by atomic mass is 9.74. The van der Waals surface area contributed by atoms with Crippen LogP contribution >= 0.6 is 0 Å². The molecule has 0 saturated heterocycles. The third kappa shape index (κ3) is 14.6. The molecular weight excluding hydrogens is 1310 g/mol. The molecule has 13 rings (SSSR count). The van der Waals surface area contributed by atoms with Gasteiger partial charge >= 0.3 is 0 Å². The highest BCUT2D eigenvalue weighted by atomic mass is 16.5. The number of nitrogens with zero attached hydrogens (tertiary/aromatic N) is 4. The molecule has 8 aromatic carbocycles. The second-order valence-electron chi connectivity index (χ2n) is 28.4. The number of carbonyl (C=O) groups excluding carboxylic acids is 4. The number of carbonyl (C=O) groups is 4. The Hall–Kier alpha value is -10.8. The lowest BCUT2D eigenvalue weighted by molar-refractivity contribution is -0.115. The summed E-state index contributed by atoms with van der Waals surface area (Å²) in [5, 5.41) is 66.7. The molecule has 104 heavy (non-hydrogen) atoms. The van der Waals surface area contributed by atoms with Gasteiger partial charge in [-0.1, -0.05) is 79.1 Å². The highest BCUT2D eigenvalue weighted by Crippen LogP contribution is 2.59. The molecule has 0 spiro atoms. The van der Waals surface area contributed by atoms with Crippen LogP contribution in [0.1, 0.15) is 223 Å². The summed E-state index contributed by atoms with van der Waals surface area (Å²) in [6.45, 7) is 15.9. The molecule has 20 nitrogen and oxygen atoms in total. The van der Waals surface area contributed by atoms with Crippen LogP contribution in [0.15, 0.2) is 121 Å². The molecular formula is C84H96N8O12. The number of unbranched alkanes of at least 4 members (excludes halogenated alkanes) is 4. The fraction of sp³-hybridized carbons (Fsp3) is 0.381. The van der Waals surface area contributed by atoms with Crippen LogP contribution in [-0.2, 0) is 45.4 Å². The zero-order chi connectivity index (χ0) is 73.0. The summed E-state index contributed by atoms with van der Waals surface area (Å²) >= 11 is 0. The molecule has 0 radical (unpaired) electrons. The van der Waals surface area contributed by atoms with Crippen LogP contribution < -0.4 is 59.8 Å². The third-order valence-corrected chi connectivity index (χ3v) is 21.1. The molecule has 4 amide bonds. The number of hydrogen-bond acceptors (Lipinski definition) is 16. The fourth-order valence-corrected chi connectivity index (χ4v) is 16.0. The van der Waals surface area contributed by atoms with Gasteiger partial charge < -0.3 is 80.2 Å². The number of hydrogen-bond donors (Lipinski definition) is 8. The Labute approximate surface area is 608 Å². The quantitative estimate of drug-likeness (QED) is 0.0353. The Bertz CT molecular complexity index is 3950. The fourth-order valence-electron chi connectivity index (χ4n) is 16.0. The second-order valence-corrected chi connectivity index (χ2v) is 28.4. The van der Waals surface area contributed by atoms with Crippen LogP contribution in [0.25, 0.3) is 0 Å². The first-order chi connectivity index (χ1) is 50.3. The number of aromatic hydroxyl groups is 4. The van der Waals surface area contributed by atoms with Gasteiger partial charge in [-0.15, -0.1) is 0 Å². The average Bonchev–Trinajstić information content (AvgIpc) is 0.729. The number of fused-ring (bicyclic) bond motifs is 16. The van der Waals surface area contributed by atoms with Gasteiger partial charge in [-0.2, -0.15) is 0 Å². The Morgan fingerprint density at radius 1 is 0.327 bits per heavy atom. The van der Waals surface area contributed by atoms with Gasteiger partial charge in [0.05, 0.1) is 48.4 Å². The molecule has 8 aromatic rings. The van der Waals surface area contributed by atoms with E-state index in [0.717, 1.165) is 96.4 Å². The predicted molar refractivity (Wildman–Crippen MR) is 408 cm³/mol. The number of phenols is 4. The molecule has 0 fully saturated rings. The van der Waals surface area contributed by atoms with E-state index in [1.807, 2.05) is 97.1 Å². The summed E-state index contributed by atoms with van der Waals surface area (Å²) in [4.78, 5) is 57.1. The lowest BCUT2D eigenvalue weighted by Crippen LogP contribution is -2.34. The average molecular weight is 1410 g/mol. The van der Waals surface area contributed by atoms with Crippen molar-refractivity contribution in [1.82, 2.24) is 0 Å². The van der Waals surface area contributed by atoms with E-state index in [0.29, 0.717) is 116 Å². The van der Waals surface area contributed by atoms with Crippen LogP contribution in [0.3, 0.4) is 0 Å². The van der Waals surface area contributed by atoms with Crippen molar-refractivity contribution < 1.29 is 58.6 Å². The van der Waals surface area contributed by atoms with E-state index in [4.69, 9.17) is 18.9 Å². The van der Waals surface area contributed by atoms with E-state index in [-0.39, 0.29) is 99.7 Å². The van der Waals surface area contributed by atoms with Crippen molar-refractivity contribution in [3.8, 4) is 46.0 Å². The van der Waals surface area contributed by atoms with E-state index in [1.165, 1.54) is 27.7 Å². The molecule has 20 heteroatoms. The summed E-state index contributed by atoms with van der Waals surface area (Å²) in [6, 6.07) is 38.8. The zero-order valence-corrected chi connectivity index (χ0v) is 60.8. The Morgan fingerprint density at radius 3 is 0.692 bits per heavy atom. The monoisotopic (exact) mass is 1410 g/mol. The maximum absolute atomic E-state index is 13.8. The first kappa shape index (κ1) is 71.6. The minimum atomic E-state index is -0.564. The van der Waals surface area contributed by atoms with Crippen molar-refractivity contribution in [3.63, 3.8) is 0 Å². The predicted octanol–water partition coefficient (Wildman–Crippen LogP) is 17.4. The number of rotatable bonds is 20. The van der Waals surface area contributed by atoms with Gasteiger partial charge in [0.15, 0.2) is 26.9 Å². The van der Waals surface area contributed by atoms with Gasteiger partial charge in [-0.05, 0) is 147 Å². The maximum Gasteiger partial charge on any atom is 0.221 e. The largest absolute Gasteiger partial charge is 0.507 e. The molecule has 4 unspecified atom stereocenters. The molecule has 0 saturated carbocycles. The molecule has 4 atom stereocenters. The lowest BCUT2D eigenvalue weighted by Gasteiger charge is -2.39. The zero-order valence-electron chi connectivity index (χ0n) is 60.8. The molecule has 4 aliphatic heterocycles. The molecule has 5 aliphatic rings. The van der Waals surface area contributed by atoms with Gasteiger partial charge in [0.25, 0.3) is 0 Å². The number of anilines is 8. The molecule has 8 N–H and O–H groups in total. The Kier molecular flexibility index (Phi) is 21.4. The van der Waals surface area contributed by atoms with Gasteiger partial charge in [-0.25, -0.2) is 0 Å². The Morgan fingerprint density at radius 2 is 0.519 bits per heavy atom. The normalized spacial score (nSPS) is 17.2. The number of benzene rings is 8. The topological polar surface area (TPSA) is 247 Å². The summed E-state index contributed by atoms with van der Waals surface area (Å²) in [7, 11) is 0. The van der Waals surface area contributed by atoms with Crippen LogP contribution in [-0.4, -0.2) is 71.0 Å². The van der Waals surface area contributed by atoms with Gasteiger partial charge in [0, 0.05) is 141 Å². The first-order valence-electron chi connectivity index (χ1n) is 36.9. The van der Waals surface area contributed by atoms with E-state index in [2.05, 4.69) is 92.8 Å². The van der Waals surface area contributed by atoms with Crippen molar-refractivity contribution in [1.29, 1.82) is 0 Å².